The molecule has 2 aromatic rings. The lowest BCUT2D eigenvalue weighted by atomic mass is 9.87. The molecule has 0 amide bonds. The summed E-state index contributed by atoms with van der Waals surface area (Å²) >= 11 is 0. The smallest absolute Gasteiger partial charge is 0.115 e. The van der Waals surface area contributed by atoms with E-state index in [0.29, 0.717) is 11.8 Å². The molecule has 1 aromatic carbocycles. The summed E-state index contributed by atoms with van der Waals surface area (Å²) in [5, 5.41) is 13.1. The number of fused-ring (bicyclic) bond motifs is 1. The molecule has 0 saturated heterocycles. The van der Waals surface area contributed by atoms with Gasteiger partial charge >= 0.3 is 0 Å². The average molecular weight is 254 g/mol. The molecule has 1 heterocycles. The van der Waals surface area contributed by atoms with Crippen LogP contribution in [0.4, 0.5) is 0 Å². The van der Waals surface area contributed by atoms with Crippen LogP contribution >= 0.6 is 0 Å². The second-order valence-corrected chi connectivity index (χ2v) is 5.03. The van der Waals surface area contributed by atoms with Gasteiger partial charge in [0.2, 0.25) is 0 Å². The van der Waals surface area contributed by atoms with Crippen LogP contribution in [0.1, 0.15) is 35.7 Å². The molecule has 3 rings (SSSR count). The maximum Gasteiger partial charge on any atom is 0.115 e. The highest BCUT2D eigenvalue weighted by atomic mass is 16.3. The maximum atomic E-state index is 9.55. The molecule has 3 nitrogen and oxygen atoms in total. The Labute approximate surface area is 113 Å². The van der Waals surface area contributed by atoms with Crippen LogP contribution < -0.4 is 5.32 Å². The predicted octanol–water partition coefficient (Wildman–Crippen LogP) is 2.95. The fourth-order valence-corrected chi connectivity index (χ4v) is 2.74. The van der Waals surface area contributed by atoms with Crippen molar-refractivity contribution in [2.75, 3.05) is 0 Å². The van der Waals surface area contributed by atoms with E-state index in [1.54, 1.807) is 6.07 Å². The first kappa shape index (κ1) is 12.2. The minimum atomic E-state index is 0.365. The molecule has 98 valence electrons. The molecule has 1 atom stereocenters. The Morgan fingerprint density at radius 3 is 3.05 bits per heavy atom. The number of nitrogens with one attached hydrogen (secondary N) is 1. The van der Waals surface area contributed by atoms with Crippen molar-refractivity contribution < 1.29 is 5.11 Å². The third kappa shape index (κ3) is 2.76. The molecule has 0 aliphatic heterocycles. The van der Waals surface area contributed by atoms with Gasteiger partial charge in [-0.3, -0.25) is 4.98 Å². The van der Waals surface area contributed by atoms with E-state index >= 15 is 0 Å². The Kier molecular flexibility index (Phi) is 3.47. The molecule has 19 heavy (non-hydrogen) atoms. The summed E-state index contributed by atoms with van der Waals surface area (Å²) in [6, 6.07) is 12.1. The monoisotopic (exact) mass is 254 g/mol. The van der Waals surface area contributed by atoms with Crippen LogP contribution in [-0.2, 0) is 13.0 Å². The Morgan fingerprint density at radius 1 is 1.26 bits per heavy atom. The second-order valence-electron chi connectivity index (χ2n) is 5.03. The van der Waals surface area contributed by atoms with Gasteiger partial charge < -0.3 is 10.4 Å². The van der Waals surface area contributed by atoms with E-state index in [-0.39, 0.29) is 0 Å². The maximum absolute atomic E-state index is 9.55. The highest BCUT2D eigenvalue weighted by Crippen LogP contribution is 2.31. The standard InChI is InChI=1S/C16H18N2O/c19-14-7-8-15-12(10-14)4-3-6-16(15)18-11-13-5-1-2-9-17-13/h1-2,5,7-10,16,18-19H,3-4,6,11H2. The molecule has 0 fully saturated rings. The van der Waals surface area contributed by atoms with Crippen molar-refractivity contribution in [2.45, 2.75) is 31.8 Å². The number of hydrogen-bond acceptors (Lipinski definition) is 3. The lowest BCUT2D eigenvalue weighted by Crippen LogP contribution is -2.25. The number of aryl methyl sites for hydroxylation is 1. The summed E-state index contributed by atoms with van der Waals surface area (Å²) in [6.07, 6.45) is 5.19. The normalized spacial score (nSPS) is 18.0. The van der Waals surface area contributed by atoms with Crippen molar-refractivity contribution >= 4 is 0 Å². The van der Waals surface area contributed by atoms with Gasteiger partial charge in [-0.25, -0.2) is 0 Å². The van der Waals surface area contributed by atoms with Crippen LogP contribution in [0.2, 0.25) is 0 Å². The van der Waals surface area contributed by atoms with Gasteiger partial charge in [0.1, 0.15) is 5.75 Å². The number of nitrogens with zero attached hydrogens (tertiary/aromatic N) is 1. The van der Waals surface area contributed by atoms with E-state index in [1.165, 1.54) is 11.1 Å². The third-order valence-electron chi connectivity index (χ3n) is 3.70. The van der Waals surface area contributed by atoms with Crippen LogP contribution in [0.15, 0.2) is 42.6 Å². The molecule has 1 aromatic heterocycles. The van der Waals surface area contributed by atoms with E-state index in [4.69, 9.17) is 0 Å². The van der Waals surface area contributed by atoms with Crippen LogP contribution in [-0.4, -0.2) is 10.1 Å². The Bertz CT molecular complexity index is 554. The predicted molar refractivity (Wildman–Crippen MR) is 74.9 cm³/mol. The lowest BCUT2D eigenvalue weighted by Gasteiger charge is -2.26. The number of hydrogen-bond donors (Lipinski definition) is 2. The van der Waals surface area contributed by atoms with Gasteiger partial charge in [-0.15, -0.1) is 0 Å². The fourth-order valence-electron chi connectivity index (χ4n) is 2.74. The molecule has 1 aliphatic rings. The quantitative estimate of drug-likeness (QED) is 0.885. The fraction of sp³-hybridized carbons (Fsp3) is 0.312. The Morgan fingerprint density at radius 2 is 2.21 bits per heavy atom. The van der Waals surface area contributed by atoms with Gasteiger partial charge in [0.15, 0.2) is 0 Å². The molecular formula is C16H18N2O. The molecule has 2 N–H and O–H groups in total. The summed E-state index contributed by atoms with van der Waals surface area (Å²) in [5.74, 6) is 0.365. The number of rotatable bonds is 3. The second kappa shape index (κ2) is 5.41. The van der Waals surface area contributed by atoms with Crippen LogP contribution in [0, 0.1) is 0 Å². The molecule has 0 spiro atoms. The number of phenols is 1. The molecule has 0 saturated carbocycles. The van der Waals surface area contributed by atoms with Crippen LogP contribution in [0.3, 0.4) is 0 Å². The SMILES string of the molecule is Oc1ccc2c(c1)CCCC2NCc1ccccn1. The van der Waals surface area contributed by atoms with Gasteiger partial charge in [0.25, 0.3) is 0 Å². The van der Waals surface area contributed by atoms with E-state index in [1.807, 2.05) is 36.5 Å². The summed E-state index contributed by atoms with van der Waals surface area (Å²) in [5.41, 5.74) is 3.65. The first-order chi connectivity index (χ1) is 9.33. The highest BCUT2D eigenvalue weighted by molar-refractivity contribution is 5.38. The number of aromatic nitrogens is 1. The van der Waals surface area contributed by atoms with Crippen molar-refractivity contribution in [2.24, 2.45) is 0 Å². The van der Waals surface area contributed by atoms with Crippen LogP contribution in [0.25, 0.3) is 0 Å². The first-order valence-electron chi connectivity index (χ1n) is 6.78. The Balaban J connectivity index is 1.73. The van der Waals surface area contributed by atoms with E-state index in [2.05, 4.69) is 10.3 Å². The summed E-state index contributed by atoms with van der Waals surface area (Å²) in [4.78, 5) is 4.33. The van der Waals surface area contributed by atoms with Crippen molar-refractivity contribution in [3.8, 4) is 5.75 Å². The van der Waals surface area contributed by atoms with E-state index < -0.39 is 0 Å². The van der Waals surface area contributed by atoms with E-state index in [9.17, 15) is 5.11 Å². The lowest BCUT2D eigenvalue weighted by molar-refractivity contribution is 0.447. The zero-order valence-electron chi connectivity index (χ0n) is 10.8. The van der Waals surface area contributed by atoms with Gasteiger partial charge in [-0.05, 0) is 54.7 Å². The molecule has 3 heteroatoms. The van der Waals surface area contributed by atoms with Gasteiger partial charge in [-0.2, -0.15) is 0 Å². The zero-order valence-corrected chi connectivity index (χ0v) is 10.8. The minimum Gasteiger partial charge on any atom is -0.508 e. The Hall–Kier alpha value is -1.87. The topological polar surface area (TPSA) is 45.1 Å². The summed E-state index contributed by atoms with van der Waals surface area (Å²) < 4.78 is 0. The molecule has 0 bridgehead atoms. The van der Waals surface area contributed by atoms with E-state index in [0.717, 1.165) is 31.5 Å². The number of aromatic hydroxyl groups is 1. The number of benzene rings is 1. The molecule has 0 radical (unpaired) electrons. The molecular weight excluding hydrogens is 236 g/mol. The largest absolute Gasteiger partial charge is 0.508 e. The van der Waals surface area contributed by atoms with Crippen molar-refractivity contribution in [3.05, 3.63) is 59.4 Å². The molecule has 1 aliphatic carbocycles. The minimum absolute atomic E-state index is 0.365. The third-order valence-corrected chi connectivity index (χ3v) is 3.70. The van der Waals surface area contributed by atoms with Gasteiger partial charge in [0.05, 0.1) is 5.69 Å². The van der Waals surface area contributed by atoms with Crippen molar-refractivity contribution in [1.82, 2.24) is 10.3 Å². The number of phenolic OH excluding ortho intramolecular Hbond substituents is 1. The van der Waals surface area contributed by atoms with Crippen molar-refractivity contribution in [3.63, 3.8) is 0 Å². The zero-order chi connectivity index (χ0) is 13.1. The molecule has 1 unspecified atom stereocenters. The van der Waals surface area contributed by atoms with Crippen LogP contribution in [0.5, 0.6) is 5.75 Å². The highest BCUT2D eigenvalue weighted by Gasteiger charge is 2.19. The van der Waals surface area contributed by atoms with Crippen molar-refractivity contribution in [1.29, 1.82) is 0 Å². The van der Waals surface area contributed by atoms with Gasteiger partial charge in [0, 0.05) is 18.8 Å². The summed E-state index contributed by atoms with van der Waals surface area (Å²) in [7, 11) is 0. The first-order valence-corrected chi connectivity index (χ1v) is 6.78. The number of pyridine rings is 1. The average Bonchev–Trinajstić information content (AvgIpc) is 2.45. The van der Waals surface area contributed by atoms with Gasteiger partial charge in [-0.1, -0.05) is 12.1 Å². The summed E-state index contributed by atoms with van der Waals surface area (Å²) in [6.45, 7) is 0.784.